The van der Waals surface area contributed by atoms with Crippen LogP contribution in [0, 0.1) is 0 Å². The largest absolute Gasteiger partial charge is 0.303 e. The Balaban J connectivity index is 1.71. The van der Waals surface area contributed by atoms with Crippen LogP contribution in [-0.2, 0) is 12.0 Å². The third-order valence-corrected chi connectivity index (χ3v) is 7.23. The molecule has 2 aromatic carbocycles. The minimum absolute atomic E-state index is 0.160. The molecule has 0 spiro atoms. The topological polar surface area (TPSA) is 6.48 Å². The lowest BCUT2D eigenvalue weighted by atomic mass is 9.73. The van der Waals surface area contributed by atoms with Crippen LogP contribution in [0.4, 0.5) is 0 Å². The molecule has 0 saturated heterocycles. The maximum Gasteiger partial charge on any atom is 0.0461 e. The first-order chi connectivity index (χ1) is 14.6. The first-order valence-electron chi connectivity index (χ1n) is 11.8. The minimum Gasteiger partial charge on any atom is -0.303 e. The van der Waals surface area contributed by atoms with E-state index < -0.39 is 0 Å². The molecule has 0 unspecified atom stereocenters. The van der Waals surface area contributed by atoms with Crippen LogP contribution in [0.5, 0.6) is 0 Å². The van der Waals surface area contributed by atoms with Gasteiger partial charge < -0.3 is 4.90 Å². The third kappa shape index (κ3) is 5.66. The van der Waals surface area contributed by atoms with Crippen LogP contribution in [0.2, 0.25) is 5.02 Å². The molecule has 0 atom stereocenters. The molecule has 2 nitrogen and oxygen atoms in total. The van der Waals surface area contributed by atoms with Crippen LogP contribution >= 0.6 is 11.6 Å². The van der Waals surface area contributed by atoms with Gasteiger partial charge in [-0.05, 0) is 88.3 Å². The number of rotatable bonds is 10. The van der Waals surface area contributed by atoms with E-state index in [1.54, 1.807) is 0 Å². The van der Waals surface area contributed by atoms with Crippen LogP contribution in [0.25, 0.3) is 0 Å². The van der Waals surface area contributed by atoms with Crippen molar-refractivity contribution in [2.75, 3.05) is 26.7 Å². The molecule has 0 radical (unpaired) electrons. The number of hydrogen-bond donors (Lipinski definition) is 0. The van der Waals surface area contributed by atoms with E-state index in [9.17, 15) is 0 Å². The van der Waals surface area contributed by atoms with Crippen molar-refractivity contribution in [3.05, 3.63) is 70.7 Å². The standard InChI is InChI=1S/C27H39ClN2/c1-4-20-30(21-5-2)27(24-11-13-25(28)14-12-24)18-15-26(16-19-27)29(3)22-17-23-9-7-6-8-10-23/h6-14,26H,4-5,15-22H2,1-3H3. The highest BCUT2D eigenvalue weighted by molar-refractivity contribution is 6.30. The van der Waals surface area contributed by atoms with Gasteiger partial charge in [-0.15, -0.1) is 0 Å². The van der Waals surface area contributed by atoms with Crippen molar-refractivity contribution in [2.24, 2.45) is 0 Å². The third-order valence-electron chi connectivity index (χ3n) is 6.98. The van der Waals surface area contributed by atoms with Crippen LogP contribution in [0.3, 0.4) is 0 Å². The molecule has 1 aliphatic rings. The normalized spacial score (nSPS) is 22.0. The quantitative estimate of drug-likeness (QED) is 0.413. The van der Waals surface area contributed by atoms with Gasteiger partial charge in [0.15, 0.2) is 0 Å². The molecular formula is C27H39ClN2. The summed E-state index contributed by atoms with van der Waals surface area (Å²) in [6.07, 6.45) is 8.53. The summed E-state index contributed by atoms with van der Waals surface area (Å²) >= 11 is 6.23. The highest BCUT2D eigenvalue weighted by Crippen LogP contribution is 2.44. The van der Waals surface area contributed by atoms with E-state index in [0.717, 1.165) is 18.0 Å². The van der Waals surface area contributed by atoms with Gasteiger partial charge >= 0.3 is 0 Å². The average Bonchev–Trinajstić information content (AvgIpc) is 2.78. The van der Waals surface area contributed by atoms with Gasteiger partial charge in [0.1, 0.15) is 0 Å². The smallest absolute Gasteiger partial charge is 0.0461 e. The van der Waals surface area contributed by atoms with E-state index in [1.165, 1.54) is 62.7 Å². The fourth-order valence-electron chi connectivity index (χ4n) is 5.28. The zero-order valence-electron chi connectivity index (χ0n) is 19.1. The molecule has 1 fully saturated rings. The molecule has 3 heteroatoms. The Morgan fingerprint density at radius 2 is 1.47 bits per heavy atom. The zero-order valence-corrected chi connectivity index (χ0v) is 19.9. The molecular weight excluding hydrogens is 388 g/mol. The minimum atomic E-state index is 0.160. The summed E-state index contributed by atoms with van der Waals surface area (Å²) in [5, 5.41) is 0.834. The van der Waals surface area contributed by atoms with Gasteiger partial charge in [0.25, 0.3) is 0 Å². The second-order valence-electron chi connectivity index (χ2n) is 8.97. The Morgan fingerprint density at radius 3 is 2.03 bits per heavy atom. The van der Waals surface area contributed by atoms with Gasteiger partial charge in [-0.25, -0.2) is 0 Å². The predicted molar refractivity (Wildman–Crippen MR) is 130 cm³/mol. The van der Waals surface area contributed by atoms with Crippen LogP contribution in [-0.4, -0.2) is 42.5 Å². The molecule has 0 heterocycles. The summed E-state index contributed by atoms with van der Waals surface area (Å²) in [6.45, 7) is 8.09. The van der Waals surface area contributed by atoms with Crippen LogP contribution in [0.15, 0.2) is 54.6 Å². The lowest BCUT2D eigenvalue weighted by molar-refractivity contribution is 0.0206. The van der Waals surface area contributed by atoms with Crippen molar-refractivity contribution >= 4 is 11.6 Å². The number of likely N-dealkylation sites (N-methyl/N-ethyl adjacent to an activating group) is 1. The van der Waals surface area contributed by atoms with Crippen LogP contribution < -0.4 is 0 Å². The first kappa shape index (κ1) is 23.3. The monoisotopic (exact) mass is 426 g/mol. The molecule has 0 aliphatic heterocycles. The molecule has 30 heavy (non-hydrogen) atoms. The average molecular weight is 427 g/mol. The number of nitrogens with zero attached hydrogens (tertiary/aromatic N) is 2. The van der Waals surface area contributed by atoms with Crippen molar-refractivity contribution < 1.29 is 0 Å². The molecule has 0 aromatic heterocycles. The summed E-state index contributed by atoms with van der Waals surface area (Å²) in [5.74, 6) is 0. The van der Waals surface area contributed by atoms with E-state index in [-0.39, 0.29) is 5.54 Å². The van der Waals surface area contributed by atoms with Gasteiger partial charge in [-0.2, -0.15) is 0 Å². The summed E-state index contributed by atoms with van der Waals surface area (Å²) in [6, 6.07) is 20.3. The Labute approximate surface area is 189 Å². The summed E-state index contributed by atoms with van der Waals surface area (Å²) < 4.78 is 0. The van der Waals surface area contributed by atoms with Crippen molar-refractivity contribution in [1.82, 2.24) is 9.80 Å². The van der Waals surface area contributed by atoms with Crippen molar-refractivity contribution in [3.8, 4) is 0 Å². The highest BCUT2D eigenvalue weighted by Gasteiger charge is 2.41. The van der Waals surface area contributed by atoms with Gasteiger partial charge in [-0.3, -0.25) is 4.90 Å². The van der Waals surface area contributed by atoms with E-state index in [0.29, 0.717) is 6.04 Å². The summed E-state index contributed by atoms with van der Waals surface area (Å²) in [5.41, 5.74) is 3.06. The SMILES string of the molecule is CCCN(CCC)C1(c2ccc(Cl)cc2)CCC(N(C)CCc2ccccc2)CC1. The molecule has 0 bridgehead atoms. The number of hydrogen-bond acceptors (Lipinski definition) is 2. The number of benzene rings is 2. The fraction of sp³-hybridized carbons (Fsp3) is 0.556. The Kier molecular flexibility index (Phi) is 8.80. The second kappa shape index (κ2) is 11.3. The van der Waals surface area contributed by atoms with E-state index in [1.807, 2.05) is 0 Å². The van der Waals surface area contributed by atoms with Crippen molar-refractivity contribution in [1.29, 1.82) is 0 Å². The number of halogens is 1. The van der Waals surface area contributed by atoms with Gasteiger partial charge in [0.2, 0.25) is 0 Å². The molecule has 0 amide bonds. The Bertz CT molecular complexity index is 729. The molecule has 1 aliphatic carbocycles. The maximum atomic E-state index is 6.23. The lowest BCUT2D eigenvalue weighted by Crippen LogP contribution is -2.51. The molecule has 1 saturated carbocycles. The second-order valence-corrected chi connectivity index (χ2v) is 9.41. The van der Waals surface area contributed by atoms with E-state index >= 15 is 0 Å². The molecule has 164 valence electrons. The summed E-state index contributed by atoms with van der Waals surface area (Å²) in [7, 11) is 2.32. The Hall–Kier alpha value is -1.35. The first-order valence-corrected chi connectivity index (χ1v) is 12.2. The zero-order chi connectivity index (χ0) is 21.4. The molecule has 2 aromatic rings. The Morgan fingerprint density at radius 1 is 0.867 bits per heavy atom. The van der Waals surface area contributed by atoms with Gasteiger partial charge in [0.05, 0.1) is 0 Å². The fourth-order valence-corrected chi connectivity index (χ4v) is 5.41. The van der Waals surface area contributed by atoms with E-state index in [4.69, 9.17) is 11.6 Å². The summed E-state index contributed by atoms with van der Waals surface area (Å²) in [4.78, 5) is 5.37. The van der Waals surface area contributed by atoms with Crippen molar-refractivity contribution in [3.63, 3.8) is 0 Å². The van der Waals surface area contributed by atoms with Gasteiger partial charge in [-0.1, -0.05) is 67.9 Å². The highest BCUT2D eigenvalue weighted by atomic mass is 35.5. The maximum absolute atomic E-state index is 6.23. The lowest BCUT2D eigenvalue weighted by Gasteiger charge is -2.50. The van der Waals surface area contributed by atoms with Gasteiger partial charge in [0, 0.05) is 23.1 Å². The predicted octanol–water partition coefficient (Wildman–Crippen LogP) is 6.77. The van der Waals surface area contributed by atoms with Crippen LogP contribution in [0.1, 0.15) is 63.5 Å². The van der Waals surface area contributed by atoms with Crippen molar-refractivity contribution in [2.45, 2.75) is 70.4 Å². The molecule has 3 rings (SSSR count). The molecule has 0 N–H and O–H groups in total. The van der Waals surface area contributed by atoms with E-state index in [2.05, 4.69) is 85.3 Å².